The summed E-state index contributed by atoms with van der Waals surface area (Å²) in [6.45, 7) is 2.11. The summed E-state index contributed by atoms with van der Waals surface area (Å²) in [7, 11) is 0. The molecule has 0 fully saturated rings. The van der Waals surface area contributed by atoms with E-state index in [2.05, 4.69) is 11.4 Å². The molecule has 2 N–H and O–H groups in total. The first kappa shape index (κ1) is 13.9. The summed E-state index contributed by atoms with van der Waals surface area (Å²) in [6, 6.07) is -0.545. The fourth-order valence-electron chi connectivity index (χ4n) is 2.07. The topological polar surface area (TPSA) is 66.4 Å². The average molecular weight is 239 g/mol. The Kier molecular flexibility index (Phi) is 5.91. The van der Waals surface area contributed by atoms with Crippen molar-refractivity contribution in [2.24, 2.45) is 0 Å². The average Bonchev–Trinajstić information content (AvgIpc) is 2.28. The van der Waals surface area contributed by atoms with Crippen LogP contribution in [0.1, 0.15) is 45.4 Å². The molecule has 0 heterocycles. The minimum atomic E-state index is -0.936. The molecule has 0 aromatic rings. The molecule has 0 spiro atoms. The van der Waals surface area contributed by atoms with E-state index < -0.39 is 12.0 Å². The van der Waals surface area contributed by atoms with Gasteiger partial charge in [-0.1, -0.05) is 11.6 Å². The predicted molar refractivity (Wildman–Crippen MR) is 65.9 cm³/mol. The molecule has 0 saturated heterocycles. The van der Waals surface area contributed by atoms with Crippen LogP contribution in [-0.4, -0.2) is 29.4 Å². The van der Waals surface area contributed by atoms with Gasteiger partial charge in [-0.05, 0) is 45.6 Å². The van der Waals surface area contributed by atoms with Crippen LogP contribution >= 0.6 is 0 Å². The normalized spacial score (nSPS) is 17.4. The van der Waals surface area contributed by atoms with E-state index in [0.29, 0.717) is 6.54 Å². The second-order valence-corrected chi connectivity index (χ2v) is 4.57. The Hall–Kier alpha value is -1.16. The van der Waals surface area contributed by atoms with E-state index in [-0.39, 0.29) is 12.2 Å². The van der Waals surface area contributed by atoms with Gasteiger partial charge < -0.3 is 10.4 Å². The van der Waals surface area contributed by atoms with E-state index >= 15 is 0 Å². The van der Waals surface area contributed by atoms with E-state index in [9.17, 15) is 9.59 Å². The number of nitrogens with one attached hydrogen (secondary N) is 1. The molecule has 1 rings (SSSR count). The first-order valence-corrected chi connectivity index (χ1v) is 6.23. The van der Waals surface area contributed by atoms with Gasteiger partial charge in [-0.3, -0.25) is 9.59 Å². The second kappa shape index (κ2) is 7.22. The van der Waals surface area contributed by atoms with Crippen molar-refractivity contribution < 1.29 is 14.7 Å². The minimum Gasteiger partial charge on any atom is -0.481 e. The SMILES string of the molecule is CC(=O)C(CC(=O)O)NCCC1=CCCCC1. The highest BCUT2D eigenvalue weighted by molar-refractivity contribution is 5.85. The minimum absolute atomic E-state index is 0.106. The Morgan fingerprint density at radius 2 is 2.24 bits per heavy atom. The lowest BCUT2D eigenvalue weighted by molar-refractivity contribution is -0.139. The van der Waals surface area contributed by atoms with Crippen molar-refractivity contribution >= 4 is 11.8 Å². The molecule has 1 aliphatic rings. The van der Waals surface area contributed by atoms with E-state index in [1.165, 1.54) is 25.3 Å². The number of allylic oxidation sites excluding steroid dienone is 1. The highest BCUT2D eigenvalue weighted by Gasteiger charge is 2.17. The van der Waals surface area contributed by atoms with Gasteiger partial charge in [-0.25, -0.2) is 0 Å². The first-order chi connectivity index (χ1) is 8.09. The van der Waals surface area contributed by atoms with Crippen molar-refractivity contribution in [2.45, 2.75) is 51.5 Å². The molecular weight excluding hydrogens is 218 g/mol. The summed E-state index contributed by atoms with van der Waals surface area (Å²) >= 11 is 0. The summed E-state index contributed by atoms with van der Waals surface area (Å²) < 4.78 is 0. The van der Waals surface area contributed by atoms with Crippen molar-refractivity contribution in [1.82, 2.24) is 5.32 Å². The Balaban J connectivity index is 2.29. The van der Waals surface area contributed by atoms with Gasteiger partial charge >= 0.3 is 5.97 Å². The molecule has 0 aliphatic heterocycles. The molecule has 1 unspecified atom stereocenters. The number of Topliss-reactive ketones (excluding diaryl/α,β-unsaturated/α-hetero) is 1. The molecule has 0 bridgehead atoms. The van der Waals surface area contributed by atoms with Crippen molar-refractivity contribution in [1.29, 1.82) is 0 Å². The summed E-state index contributed by atoms with van der Waals surface area (Å²) in [5, 5.41) is 11.7. The second-order valence-electron chi connectivity index (χ2n) is 4.57. The van der Waals surface area contributed by atoms with Crippen LogP contribution in [0.15, 0.2) is 11.6 Å². The van der Waals surface area contributed by atoms with Gasteiger partial charge in [-0.15, -0.1) is 0 Å². The molecule has 1 atom stereocenters. The number of carbonyl (C=O) groups is 2. The number of carboxylic acids is 1. The van der Waals surface area contributed by atoms with E-state index in [1.54, 1.807) is 0 Å². The molecular formula is C13H21NO3. The molecule has 4 heteroatoms. The number of aliphatic carboxylic acids is 1. The zero-order chi connectivity index (χ0) is 12.7. The number of ketones is 1. The molecule has 0 aromatic carbocycles. The standard InChI is InChI=1S/C13H21NO3/c1-10(15)12(9-13(16)17)14-8-7-11-5-3-2-4-6-11/h5,12,14H,2-4,6-9H2,1H3,(H,16,17). The van der Waals surface area contributed by atoms with E-state index in [4.69, 9.17) is 5.11 Å². The maximum atomic E-state index is 11.2. The highest BCUT2D eigenvalue weighted by Crippen LogP contribution is 2.19. The third kappa shape index (κ3) is 5.63. The Morgan fingerprint density at radius 3 is 2.76 bits per heavy atom. The largest absolute Gasteiger partial charge is 0.481 e. The third-order valence-corrected chi connectivity index (χ3v) is 3.09. The van der Waals surface area contributed by atoms with Gasteiger partial charge in [0.1, 0.15) is 5.78 Å². The molecule has 0 radical (unpaired) electrons. The number of carboxylic acid groups (broad SMARTS) is 1. The molecule has 17 heavy (non-hydrogen) atoms. The summed E-state index contributed by atoms with van der Waals surface area (Å²) in [6.07, 6.45) is 7.87. The van der Waals surface area contributed by atoms with Crippen LogP contribution in [0.25, 0.3) is 0 Å². The van der Waals surface area contributed by atoms with Crippen molar-refractivity contribution in [3.8, 4) is 0 Å². The maximum Gasteiger partial charge on any atom is 0.305 e. The Labute approximate surface area is 102 Å². The molecule has 1 aliphatic carbocycles. The predicted octanol–water partition coefficient (Wildman–Crippen LogP) is 1.90. The zero-order valence-corrected chi connectivity index (χ0v) is 10.4. The van der Waals surface area contributed by atoms with Crippen LogP contribution in [0.5, 0.6) is 0 Å². The van der Waals surface area contributed by atoms with E-state index in [0.717, 1.165) is 19.3 Å². The number of hydrogen-bond donors (Lipinski definition) is 2. The van der Waals surface area contributed by atoms with Crippen LogP contribution in [-0.2, 0) is 9.59 Å². The van der Waals surface area contributed by atoms with Crippen molar-refractivity contribution in [3.63, 3.8) is 0 Å². The lowest BCUT2D eigenvalue weighted by Crippen LogP contribution is -2.38. The number of carbonyl (C=O) groups excluding carboxylic acids is 1. The number of hydrogen-bond acceptors (Lipinski definition) is 3. The third-order valence-electron chi connectivity index (χ3n) is 3.09. The quantitative estimate of drug-likeness (QED) is 0.666. The van der Waals surface area contributed by atoms with Crippen molar-refractivity contribution in [2.75, 3.05) is 6.54 Å². The van der Waals surface area contributed by atoms with Gasteiger partial charge in [-0.2, -0.15) is 0 Å². The molecule has 96 valence electrons. The summed E-state index contributed by atoms with van der Waals surface area (Å²) in [4.78, 5) is 21.8. The molecule has 0 aromatic heterocycles. The molecule has 0 amide bonds. The maximum absolute atomic E-state index is 11.2. The van der Waals surface area contributed by atoms with Gasteiger partial charge in [0.2, 0.25) is 0 Å². The molecule has 4 nitrogen and oxygen atoms in total. The lowest BCUT2D eigenvalue weighted by atomic mass is 9.97. The summed E-state index contributed by atoms with van der Waals surface area (Å²) in [5.74, 6) is -1.04. The smallest absolute Gasteiger partial charge is 0.305 e. The van der Waals surface area contributed by atoms with Gasteiger partial charge in [0.05, 0.1) is 12.5 Å². The van der Waals surface area contributed by atoms with E-state index in [1.807, 2.05) is 0 Å². The van der Waals surface area contributed by atoms with Crippen LogP contribution in [0.4, 0.5) is 0 Å². The van der Waals surface area contributed by atoms with Crippen LogP contribution in [0.3, 0.4) is 0 Å². The lowest BCUT2D eigenvalue weighted by Gasteiger charge is -2.16. The van der Waals surface area contributed by atoms with Crippen LogP contribution < -0.4 is 5.32 Å². The Bertz CT molecular complexity index is 310. The van der Waals surface area contributed by atoms with Crippen LogP contribution in [0.2, 0.25) is 0 Å². The fourth-order valence-corrected chi connectivity index (χ4v) is 2.07. The number of rotatable bonds is 7. The monoisotopic (exact) mass is 239 g/mol. The first-order valence-electron chi connectivity index (χ1n) is 6.23. The fraction of sp³-hybridized carbons (Fsp3) is 0.692. The van der Waals surface area contributed by atoms with Crippen LogP contribution in [0, 0.1) is 0 Å². The summed E-state index contributed by atoms with van der Waals surface area (Å²) in [5.41, 5.74) is 1.43. The molecule has 0 saturated carbocycles. The zero-order valence-electron chi connectivity index (χ0n) is 10.4. The Morgan fingerprint density at radius 1 is 1.47 bits per heavy atom. The van der Waals surface area contributed by atoms with Crippen molar-refractivity contribution in [3.05, 3.63) is 11.6 Å². The highest BCUT2D eigenvalue weighted by atomic mass is 16.4. The van der Waals surface area contributed by atoms with Gasteiger partial charge in [0, 0.05) is 0 Å². The van der Waals surface area contributed by atoms with Gasteiger partial charge in [0.15, 0.2) is 0 Å². The van der Waals surface area contributed by atoms with Gasteiger partial charge in [0.25, 0.3) is 0 Å².